The maximum atomic E-state index is 11.7. The lowest BCUT2D eigenvalue weighted by Crippen LogP contribution is -2.30. The van der Waals surface area contributed by atoms with Crippen LogP contribution in [0.15, 0.2) is 48.8 Å². The Morgan fingerprint density at radius 1 is 1.17 bits per heavy atom. The zero-order valence-corrected chi connectivity index (χ0v) is 13.3. The van der Waals surface area contributed by atoms with Crippen molar-refractivity contribution < 1.29 is 4.79 Å². The summed E-state index contributed by atoms with van der Waals surface area (Å²) in [5.41, 5.74) is 3.23. The number of benzene rings is 1. The molecule has 2 aromatic rings. The molecule has 0 spiro atoms. The van der Waals surface area contributed by atoms with Gasteiger partial charge in [0.15, 0.2) is 0 Å². The molecule has 0 unspecified atom stereocenters. The fourth-order valence-corrected chi connectivity index (χ4v) is 2.35. The number of nitrogens with zero attached hydrogens (tertiary/aromatic N) is 2. The number of likely N-dealkylation sites (N-methyl/N-ethyl adjacent to an activating group) is 1. The van der Waals surface area contributed by atoms with Gasteiger partial charge < -0.3 is 15.5 Å². The Bertz CT molecular complexity index is 638. The highest BCUT2D eigenvalue weighted by Gasteiger charge is 2.23. The van der Waals surface area contributed by atoms with Gasteiger partial charge in [-0.05, 0) is 61.2 Å². The van der Waals surface area contributed by atoms with Crippen molar-refractivity contribution in [1.82, 2.24) is 10.3 Å². The van der Waals surface area contributed by atoms with E-state index in [4.69, 9.17) is 0 Å². The van der Waals surface area contributed by atoms with Gasteiger partial charge in [-0.2, -0.15) is 0 Å². The van der Waals surface area contributed by atoms with Gasteiger partial charge in [-0.25, -0.2) is 4.79 Å². The smallest absolute Gasteiger partial charge is 0.319 e. The van der Waals surface area contributed by atoms with Crippen LogP contribution < -0.4 is 15.5 Å². The Morgan fingerprint density at radius 2 is 1.87 bits per heavy atom. The van der Waals surface area contributed by atoms with Crippen LogP contribution in [0, 0.1) is 0 Å². The topological polar surface area (TPSA) is 57.3 Å². The number of carbonyl (C=O) groups is 1. The van der Waals surface area contributed by atoms with E-state index in [1.165, 1.54) is 5.56 Å². The van der Waals surface area contributed by atoms with Gasteiger partial charge in [-0.15, -0.1) is 0 Å². The normalized spacial score (nSPS) is 13.4. The predicted molar refractivity (Wildman–Crippen MR) is 92.8 cm³/mol. The maximum Gasteiger partial charge on any atom is 0.319 e. The van der Waals surface area contributed by atoms with E-state index in [1.54, 1.807) is 0 Å². The second-order valence-corrected chi connectivity index (χ2v) is 5.95. The van der Waals surface area contributed by atoms with Crippen molar-refractivity contribution in [2.75, 3.05) is 23.8 Å². The number of hydrogen-bond acceptors (Lipinski definition) is 3. The van der Waals surface area contributed by atoms with Crippen molar-refractivity contribution in [2.45, 2.75) is 25.3 Å². The first-order valence-corrected chi connectivity index (χ1v) is 7.98. The first-order chi connectivity index (χ1) is 11.2. The summed E-state index contributed by atoms with van der Waals surface area (Å²) in [6.07, 6.45) is 6.80. The summed E-state index contributed by atoms with van der Waals surface area (Å²) in [6.45, 7) is 0.930. The summed E-state index contributed by atoms with van der Waals surface area (Å²) >= 11 is 0. The van der Waals surface area contributed by atoms with Crippen molar-refractivity contribution in [3.05, 3.63) is 54.4 Å². The highest BCUT2D eigenvalue weighted by atomic mass is 16.2. The average Bonchev–Trinajstić information content (AvgIpc) is 3.38. The Labute approximate surface area is 136 Å². The molecule has 5 nitrogen and oxygen atoms in total. The molecule has 1 aliphatic carbocycles. The molecule has 1 heterocycles. The first-order valence-electron chi connectivity index (χ1n) is 7.98. The number of amides is 2. The molecule has 2 amide bonds. The Balaban J connectivity index is 1.50. The molecule has 0 bridgehead atoms. The molecule has 1 aromatic carbocycles. The monoisotopic (exact) mass is 310 g/mol. The molecule has 1 saturated carbocycles. The van der Waals surface area contributed by atoms with Crippen LogP contribution in [0.2, 0.25) is 0 Å². The molecule has 2 N–H and O–H groups in total. The second kappa shape index (κ2) is 7.13. The van der Waals surface area contributed by atoms with Crippen LogP contribution in [0.25, 0.3) is 0 Å². The molecule has 1 fully saturated rings. The van der Waals surface area contributed by atoms with E-state index in [9.17, 15) is 4.79 Å². The van der Waals surface area contributed by atoms with Gasteiger partial charge in [0.2, 0.25) is 0 Å². The minimum absolute atomic E-state index is 0.119. The van der Waals surface area contributed by atoms with E-state index in [0.29, 0.717) is 6.04 Å². The van der Waals surface area contributed by atoms with E-state index in [2.05, 4.69) is 27.6 Å². The number of carbonyl (C=O) groups excluding carboxylic acids is 1. The highest BCUT2D eigenvalue weighted by Crippen LogP contribution is 2.20. The van der Waals surface area contributed by atoms with Gasteiger partial charge in [-0.1, -0.05) is 0 Å². The van der Waals surface area contributed by atoms with Crippen molar-refractivity contribution in [3.63, 3.8) is 0 Å². The third kappa shape index (κ3) is 4.71. The summed E-state index contributed by atoms with van der Waals surface area (Å²) in [5.74, 6) is 0. The van der Waals surface area contributed by atoms with Gasteiger partial charge >= 0.3 is 6.03 Å². The molecule has 0 radical (unpaired) electrons. The number of urea groups is 1. The SMILES string of the molecule is CN(CCc1ccncc1)c1ccc(NC(=O)NC2CC2)cc1. The van der Waals surface area contributed by atoms with Gasteiger partial charge in [-0.3, -0.25) is 4.98 Å². The van der Waals surface area contributed by atoms with Gasteiger partial charge in [0.1, 0.15) is 0 Å². The Morgan fingerprint density at radius 3 is 2.52 bits per heavy atom. The van der Waals surface area contributed by atoms with Crippen LogP contribution in [0.1, 0.15) is 18.4 Å². The Hall–Kier alpha value is -2.56. The summed E-state index contributed by atoms with van der Waals surface area (Å²) in [7, 11) is 2.07. The highest BCUT2D eigenvalue weighted by molar-refractivity contribution is 5.89. The standard InChI is InChI=1S/C18H22N4O/c1-22(13-10-14-8-11-19-12-9-14)17-6-4-16(5-7-17)21-18(23)20-15-2-3-15/h4-9,11-12,15H,2-3,10,13H2,1H3,(H2,20,21,23). The number of nitrogens with one attached hydrogen (secondary N) is 2. The van der Waals surface area contributed by atoms with E-state index < -0.39 is 0 Å². The lowest BCUT2D eigenvalue weighted by molar-refractivity contribution is 0.251. The molecule has 0 atom stereocenters. The maximum absolute atomic E-state index is 11.7. The lowest BCUT2D eigenvalue weighted by atomic mass is 10.2. The molecule has 0 saturated heterocycles. The number of hydrogen-bond donors (Lipinski definition) is 2. The molecular formula is C18H22N4O. The number of pyridine rings is 1. The van der Waals surface area contributed by atoms with Crippen LogP contribution >= 0.6 is 0 Å². The van der Waals surface area contributed by atoms with Crippen LogP contribution in [0.3, 0.4) is 0 Å². The van der Waals surface area contributed by atoms with Gasteiger partial charge in [0.25, 0.3) is 0 Å². The number of aromatic nitrogens is 1. The fraction of sp³-hybridized carbons (Fsp3) is 0.333. The first kappa shape index (κ1) is 15.3. The zero-order chi connectivity index (χ0) is 16.1. The fourth-order valence-electron chi connectivity index (χ4n) is 2.35. The van der Waals surface area contributed by atoms with Crippen molar-refractivity contribution in [2.24, 2.45) is 0 Å². The summed E-state index contributed by atoms with van der Waals surface area (Å²) < 4.78 is 0. The quantitative estimate of drug-likeness (QED) is 0.862. The molecule has 23 heavy (non-hydrogen) atoms. The average molecular weight is 310 g/mol. The third-order valence-electron chi connectivity index (χ3n) is 3.96. The predicted octanol–water partition coefficient (Wildman–Crippen LogP) is 3.04. The molecule has 120 valence electrons. The Kier molecular flexibility index (Phi) is 4.76. The molecular weight excluding hydrogens is 288 g/mol. The van der Waals surface area contributed by atoms with E-state index >= 15 is 0 Å². The summed E-state index contributed by atoms with van der Waals surface area (Å²) in [4.78, 5) is 17.9. The van der Waals surface area contributed by atoms with E-state index in [-0.39, 0.29) is 6.03 Å². The van der Waals surface area contributed by atoms with Crippen LogP contribution in [0.5, 0.6) is 0 Å². The van der Waals surface area contributed by atoms with E-state index in [0.717, 1.165) is 37.2 Å². The second-order valence-electron chi connectivity index (χ2n) is 5.95. The lowest BCUT2D eigenvalue weighted by Gasteiger charge is -2.19. The van der Waals surface area contributed by atoms with E-state index in [1.807, 2.05) is 48.8 Å². The molecule has 0 aliphatic heterocycles. The largest absolute Gasteiger partial charge is 0.374 e. The van der Waals surface area contributed by atoms with Crippen LogP contribution in [-0.2, 0) is 6.42 Å². The zero-order valence-electron chi connectivity index (χ0n) is 13.3. The summed E-state index contributed by atoms with van der Waals surface area (Å²) in [6, 6.07) is 12.3. The minimum Gasteiger partial charge on any atom is -0.374 e. The summed E-state index contributed by atoms with van der Waals surface area (Å²) in [5, 5.41) is 5.77. The van der Waals surface area contributed by atoms with Crippen molar-refractivity contribution in [1.29, 1.82) is 0 Å². The molecule has 5 heteroatoms. The van der Waals surface area contributed by atoms with Crippen LogP contribution in [0.4, 0.5) is 16.2 Å². The third-order valence-corrected chi connectivity index (χ3v) is 3.96. The molecule has 3 rings (SSSR count). The minimum atomic E-state index is -0.119. The molecule has 1 aliphatic rings. The number of anilines is 2. The van der Waals surface area contributed by atoms with Crippen molar-refractivity contribution >= 4 is 17.4 Å². The number of rotatable bonds is 6. The molecule has 1 aromatic heterocycles. The van der Waals surface area contributed by atoms with Crippen molar-refractivity contribution in [3.8, 4) is 0 Å². The van der Waals surface area contributed by atoms with Gasteiger partial charge in [0, 0.05) is 43.4 Å². The van der Waals surface area contributed by atoms with Gasteiger partial charge in [0.05, 0.1) is 0 Å². The van der Waals surface area contributed by atoms with Crippen LogP contribution in [-0.4, -0.2) is 30.6 Å².